The molecule has 126 valence electrons. The maximum atomic E-state index is 4.17. The highest BCUT2D eigenvalue weighted by Gasteiger charge is 2.38. The van der Waals surface area contributed by atoms with Crippen LogP contribution in [0.1, 0.15) is 42.7 Å². The Balaban J connectivity index is 1.63. The number of pyridine rings is 1. The molecule has 0 spiro atoms. The van der Waals surface area contributed by atoms with Gasteiger partial charge in [0.2, 0.25) is 0 Å². The number of fused-ring (bicyclic) bond motifs is 1. The molecule has 0 amide bonds. The first-order valence-corrected chi connectivity index (χ1v) is 9.33. The summed E-state index contributed by atoms with van der Waals surface area (Å²) in [5, 5.41) is 3.82. The molecule has 1 N–H and O–H groups in total. The average Bonchev–Trinajstić information content (AvgIpc) is 2.86. The Labute approximate surface area is 145 Å². The monoisotopic (exact) mass is 321 g/mol. The van der Waals surface area contributed by atoms with E-state index in [4.69, 9.17) is 0 Å². The van der Waals surface area contributed by atoms with Gasteiger partial charge in [0, 0.05) is 36.9 Å². The van der Waals surface area contributed by atoms with Gasteiger partial charge in [-0.1, -0.05) is 36.8 Å². The summed E-state index contributed by atoms with van der Waals surface area (Å²) in [4.78, 5) is 6.90. The molecule has 0 bridgehead atoms. The van der Waals surface area contributed by atoms with Crippen molar-refractivity contribution in [2.24, 2.45) is 0 Å². The lowest BCUT2D eigenvalue weighted by molar-refractivity contribution is 0.112. The minimum absolute atomic E-state index is 0.594. The van der Waals surface area contributed by atoms with E-state index in [2.05, 4.69) is 57.7 Å². The molecule has 0 aliphatic carbocycles. The summed E-state index contributed by atoms with van der Waals surface area (Å²) in [6.07, 6.45) is 9.01. The van der Waals surface area contributed by atoms with E-state index >= 15 is 0 Å². The number of benzene rings is 1. The molecule has 2 aliphatic heterocycles. The number of piperidine rings is 1. The molecule has 0 radical (unpaired) electrons. The first-order valence-electron chi connectivity index (χ1n) is 9.33. The fraction of sp³-hybridized carbons (Fsp3) is 0.476. The number of hydrogen-bond acceptors (Lipinski definition) is 3. The van der Waals surface area contributed by atoms with E-state index in [0.717, 1.165) is 13.1 Å². The van der Waals surface area contributed by atoms with Crippen molar-refractivity contribution in [2.75, 3.05) is 13.1 Å². The Morgan fingerprint density at radius 2 is 1.83 bits per heavy atom. The molecule has 2 aliphatic rings. The van der Waals surface area contributed by atoms with E-state index in [0.29, 0.717) is 18.0 Å². The van der Waals surface area contributed by atoms with Crippen molar-refractivity contribution in [2.45, 2.75) is 50.2 Å². The largest absolute Gasteiger partial charge is 0.312 e. The molecule has 2 aromatic rings. The maximum absolute atomic E-state index is 4.17. The van der Waals surface area contributed by atoms with E-state index in [1.807, 2.05) is 12.4 Å². The minimum atomic E-state index is 0.594. The molecule has 0 saturated carbocycles. The second-order valence-electron chi connectivity index (χ2n) is 7.18. The molecule has 1 aromatic carbocycles. The predicted molar refractivity (Wildman–Crippen MR) is 97.9 cm³/mol. The molecule has 3 heterocycles. The van der Waals surface area contributed by atoms with Crippen molar-refractivity contribution < 1.29 is 0 Å². The lowest BCUT2D eigenvalue weighted by Gasteiger charge is -2.44. The molecule has 3 atom stereocenters. The minimum Gasteiger partial charge on any atom is -0.312 e. The summed E-state index contributed by atoms with van der Waals surface area (Å²) in [7, 11) is 0. The van der Waals surface area contributed by atoms with E-state index in [-0.39, 0.29) is 0 Å². The third-order valence-corrected chi connectivity index (χ3v) is 5.68. The summed E-state index contributed by atoms with van der Waals surface area (Å²) >= 11 is 0. The number of nitrogens with zero attached hydrogens (tertiary/aromatic N) is 2. The van der Waals surface area contributed by atoms with Crippen molar-refractivity contribution in [3.63, 3.8) is 0 Å². The van der Waals surface area contributed by atoms with Crippen LogP contribution >= 0.6 is 0 Å². The molecule has 3 nitrogen and oxygen atoms in total. The topological polar surface area (TPSA) is 28.2 Å². The van der Waals surface area contributed by atoms with Crippen LogP contribution in [0, 0.1) is 0 Å². The number of rotatable bonds is 3. The predicted octanol–water partition coefficient (Wildman–Crippen LogP) is 3.58. The molecular formula is C21H27N3. The zero-order valence-corrected chi connectivity index (χ0v) is 14.3. The molecule has 2 fully saturated rings. The zero-order valence-electron chi connectivity index (χ0n) is 14.3. The molecule has 24 heavy (non-hydrogen) atoms. The normalized spacial score (nSPS) is 28.1. The molecule has 1 aromatic heterocycles. The summed E-state index contributed by atoms with van der Waals surface area (Å²) in [6, 6.07) is 16.7. The van der Waals surface area contributed by atoms with E-state index in [1.54, 1.807) is 0 Å². The highest BCUT2D eigenvalue weighted by Crippen LogP contribution is 2.35. The van der Waals surface area contributed by atoms with Crippen LogP contribution in [0.15, 0.2) is 54.9 Å². The van der Waals surface area contributed by atoms with Gasteiger partial charge in [0.05, 0.1) is 0 Å². The van der Waals surface area contributed by atoms with Gasteiger partial charge in [-0.25, -0.2) is 0 Å². The third kappa shape index (κ3) is 3.38. The van der Waals surface area contributed by atoms with Crippen LogP contribution in [-0.2, 0) is 6.54 Å². The quantitative estimate of drug-likeness (QED) is 0.936. The van der Waals surface area contributed by atoms with E-state index < -0.39 is 0 Å². The number of likely N-dealkylation sites (tertiary alicyclic amines) is 1. The lowest BCUT2D eigenvalue weighted by atomic mass is 9.80. The van der Waals surface area contributed by atoms with Gasteiger partial charge >= 0.3 is 0 Å². The number of aromatic nitrogens is 1. The second-order valence-corrected chi connectivity index (χ2v) is 7.18. The Kier molecular flexibility index (Phi) is 4.91. The van der Waals surface area contributed by atoms with Gasteiger partial charge in [-0.3, -0.25) is 9.88 Å². The first kappa shape index (κ1) is 15.8. The second kappa shape index (κ2) is 7.45. The SMILES string of the molecule is c1ccc([C@H]2CCN[C@@H]3CCCCN(Cc4ccncc4)[C@H]23)cc1. The average molecular weight is 321 g/mol. The van der Waals surface area contributed by atoms with Gasteiger partial charge in [-0.15, -0.1) is 0 Å². The summed E-state index contributed by atoms with van der Waals surface area (Å²) in [5.74, 6) is 0.636. The lowest BCUT2D eigenvalue weighted by Crippen LogP contribution is -2.55. The van der Waals surface area contributed by atoms with Crippen LogP contribution in [0.3, 0.4) is 0 Å². The fourth-order valence-corrected chi connectivity index (χ4v) is 4.58. The van der Waals surface area contributed by atoms with Crippen molar-refractivity contribution in [3.05, 3.63) is 66.0 Å². The smallest absolute Gasteiger partial charge is 0.0321 e. The van der Waals surface area contributed by atoms with Gasteiger partial charge in [0.25, 0.3) is 0 Å². The molecule has 3 heteroatoms. The fourth-order valence-electron chi connectivity index (χ4n) is 4.58. The third-order valence-electron chi connectivity index (χ3n) is 5.68. The Morgan fingerprint density at radius 1 is 1.00 bits per heavy atom. The summed E-state index contributed by atoms with van der Waals surface area (Å²) in [6.45, 7) is 3.38. The van der Waals surface area contributed by atoms with Crippen LogP contribution in [0.5, 0.6) is 0 Å². The highest BCUT2D eigenvalue weighted by molar-refractivity contribution is 5.24. The molecular weight excluding hydrogens is 294 g/mol. The molecule has 2 saturated heterocycles. The molecule has 0 unspecified atom stereocenters. The van der Waals surface area contributed by atoms with Gasteiger partial charge in [-0.05, 0) is 55.6 Å². The van der Waals surface area contributed by atoms with Crippen molar-refractivity contribution in [1.29, 1.82) is 0 Å². The number of nitrogens with one attached hydrogen (secondary N) is 1. The molecule has 4 rings (SSSR count). The summed E-state index contributed by atoms with van der Waals surface area (Å²) < 4.78 is 0. The van der Waals surface area contributed by atoms with Crippen LogP contribution < -0.4 is 5.32 Å². The van der Waals surface area contributed by atoms with Gasteiger partial charge in [0.1, 0.15) is 0 Å². The van der Waals surface area contributed by atoms with Crippen molar-refractivity contribution >= 4 is 0 Å². The Bertz CT molecular complexity index is 628. The van der Waals surface area contributed by atoms with Gasteiger partial charge in [0.15, 0.2) is 0 Å². The van der Waals surface area contributed by atoms with Gasteiger partial charge in [-0.2, -0.15) is 0 Å². The highest BCUT2D eigenvalue weighted by atomic mass is 15.2. The zero-order chi connectivity index (χ0) is 16.2. The van der Waals surface area contributed by atoms with Crippen LogP contribution in [0.25, 0.3) is 0 Å². The maximum Gasteiger partial charge on any atom is 0.0321 e. The van der Waals surface area contributed by atoms with Crippen LogP contribution in [-0.4, -0.2) is 35.1 Å². The number of hydrogen-bond donors (Lipinski definition) is 1. The van der Waals surface area contributed by atoms with Crippen molar-refractivity contribution in [1.82, 2.24) is 15.2 Å². The van der Waals surface area contributed by atoms with Crippen LogP contribution in [0.2, 0.25) is 0 Å². The van der Waals surface area contributed by atoms with E-state index in [9.17, 15) is 0 Å². The first-order chi connectivity index (χ1) is 11.9. The van der Waals surface area contributed by atoms with Crippen LogP contribution in [0.4, 0.5) is 0 Å². The van der Waals surface area contributed by atoms with Gasteiger partial charge < -0.3 is 5.32 Å². The summed E-state index contributed by atoms with van der Waals surface area (Å²) in [5.41, 5.74) is 2.89. The Morgan fingerprint density at radius 3 is 2.67 bits per heavy atom. The van der Waals surface area contributed by atoms with Crippen molar-refractivity contribution in [3.8, 4) is 0 Å². The standard InChI is InChI=1S/C21H27N3/c1-2-6-18(7-3-1)19-11-14-23-20-8-4-5-15-24(21(19)20)16-17-9-12-22-13-10-17/h1-3,6-7,9-10,12-13,19-21,23H,4-5,8,11,14-16H2/t19-,20-,21-/m1/s1. The Hall–Kier alpha value is -1.71. The van der Waals surface area contributed by atoms with E-state index in [1.165, 1.54) is 43.4 Å².